The summed E-state index contributed by atoms with van der Waals surface area (Å²) in [4.78, 5) is 24.9. The molecule has 0 saturated heterocycles. The van der Waals surface area contributed by atoms with Crippen LogP contribution >= 0.6 is 11.6 Å². The minimum Gasteiger partial charge on any atom is -0.495 e. The fourth-order valence-corrected chi connectivity index (χ4v) is 3.74. The summed E-state index contributed by atoms with van der Waals surface area (Å²) >= 11 is 6.12. The number of carbonyl (C=O) groups excluding carboxylic acids is 2. The quantitative estimate of drug-likeness (QED) is 0.378. The second-order valence-electron chi connectivity index (χ2n) is 6.96. The Morgan fingerprint density at radius 1 is 0.909 bits per heavy atom. The van der Waals surface area contributed by atoms with E-state index >= 15 is 0 Å². The van der Waals surface area contributed by atoms with Crippen molar-refractivity contribution in [2.45, 2.75) is 0 Å². The highest BCUT2D eigenvalue weighted by molar-refractivity contribution is 6.32. The number of para-hydroxylation sites is 1. The second-order valence-corrected chi connectivity index (χ2v) is 7.37. The van der Waals surface area contributed by atoms with E-state index in [1.165, 1.54) is 33.5 Å². The molecule has 0 fully saturated rings. The lowest BCUT2D eigenvalue weighted by Gasteiger charge is -2.12. The van der Waals surface area contributed by atoms with Gasteiger partial charge in [-0.25, -0.2) is 4.79 Å². The SMILES string of the molecule is COc1cc2c(cc1NC(=O)COC(=O)c1cc(Cl)c(OC)c(OC)c1)oc1ccccc12. The van der Waals surface area contributed by atoms with Gasteiger partial charge in [0.1, 0.15) is 16.9 Å². The number of nitrogens with one attached hydrogen (secondary N) is 1. The standard InChI is InChI=1S/C24H20ClNO7/c1-29-20-10-15-14-6-4-5-7-18(14)33-19(15)11-17(20)26-22(27)12-32-24(28)13-8-16(25)23(31-3)21(9-13)30-2/h4-11H,12H2,1-3H3,(H,26,27). The van der Waals surface area contributed by atoms with Gasteiger partial charge >= 0.3 is 5.97 Å². The van der Waals surface area contributed by atoms with Gasteiger partial charge < -0.3 is 28.7 Å². The molecule has 0 aliphatic heterocycles. The number of furan rings is 1. The zero-order chi connectivity index (χ0) is 23.5. The summed E-state index contributed by atoms with van der Waals surface area (Å²) in [5, 5.41) is 4.66. The van der Waals surface area contributed by atoms with E-state index in [1.807, 2.05) is 24.3 Å². The average Bonchev–Trinajstić information content (AvgIpc) is 3.18. The molecule has 0 aliphatic carbocycles. The Kier molecular flexibility index (Phi) is 6.28. The normalized spacial score (nSPS) is 10.8. The molecule has 4 rings (SSSR count). The first-order valence-electron chi connectivity index (χ1n) is 9.83. The van der Waals surface area contributed by atoms with E-state index in [2.05, 4.69) is 5.32 Å². The Balaban J connectivity index is 1.49. The molecule has 0 atom stereocenters. The van der Waals surface area contributed by atoms with Crippen molar-refractivity contribution in [3.8, 4) is 17.2 Å². The largest absolute Gasteiger partial charge is 0.495 e. The van der Waals surface area contributed by atoms with E-state index in [4.69, 9.17) is 35.0 Å². The van der Waals surface area contributed by atoms with Crippen LogP contribution in [0, 0.1) is 0 Å². The third-order valence-electron chi connectivity index (χ3n) is 4.98. The predicted molar refractivity (Wildman–Crippen MR) is 124 cm³/mol. The molecule has 8 nitrogen and oxygen atoms in total. The minimum absolute atomic E-state index is 0.117. The van der Waals surface area contributed by atoms with E-state index in [1.54, 1.807) is 12.1 Å². The van der Waals surface area contributed by atoms with E-state index in [0.29, 0.717) is 22.8 Å². The van der Waals surface area contributed by atoms with Crippen LogP contribution in [-0.4, -0.2) is 39.8 Å². The van der Waals surface area contributed by atoms with E-state index in [-0.39, 0.29) is 16.3 Å². The topological polar surface area (TPSA) is 96.2 Å². The fraction of sp³-hybridized carbons (Fsp3) is 0.167. The van der Waals surface area contributed by atoms with Crippen molar-refractivity contribution in [1.29, 1.82) is 0 Å². The van der Waals surface area contributed by atoms with Gasteiger partial charge in [0.15, 0.2) is 18.1 Å². The fourth-order valence-electron chi connectivity index (χ4n) is 3.45. The lowest BCUT2D eigenvalue weighted by Crippen LogP contribution is -2.21. The van der Waals surface area contributed by atoms with Crippen LogP contribution in [0.4, 0.5) is 5.69 Å². The van der Waals surface area contributed by atoms with E-state index in [0.717, 1.165) is 16.4 Å². The highest BCUT2D eigenvalue weighted by atomic mass is 35.5. The third kappa shape index (κ3) is 4.38. The van der Waals surface area contributed by atoms with E-state index < -0.39 is 18.5 Å². The summed E-state index contributed by atoms with van der Waals surface area (Å²) in [6.07, 6.45) is 0. The van der Waals surface area contributed by atoms with Crippen LogP contribution in [0.15, 0.2) is 52.9 Å². The molecule has 0 radical (unpaired) electrons. The van der Waals surface area contributed by atoms with Crippen molar-refractivity contribution in [2.75, 3.05) is 33.3 Å². The number of benzene rings is 3. The molecule has 4 aromatic rings. The van der Waals surface area contributed by atoms with E-state index in [9.17, 15) is 9.59 Å². The number of amides is 1. The number of esters is 1. The molecule has 0 unspecified atom stereocenters. The first kappa shape index (κ1) is 22.3. The highest BCUT2D eigenvalue weighted by Crippen LogP contribution is 2.37. The van der Waals surface area contributed by atoms with Crippen LogP contribution in [0.5, 0.6) is 17.2 Å². The molecule has 1 aromatic heterocycles. The molecule has 33 heavy (non-hydrogen) atoms. The third-order valence-corrected chi connectivity index (χ3v) is 5.26. The Hall–Kier alpha value is -3.91. The molecule has 1 amide bonds. The van der Waals surface area contributed by atoms with Crippen LogP contribution in [0.3, 0.4) is 0 Å². The number of hydrogen-bond donors (Lipinski definition) is 1. The molecule has 0 aliphatic rings. The Bertz CT molecular complexity index is 1360. The summed E-state index contributed by atoms with van der Waals surface area (Å²) in [6.45, 7) is -0.522. The van der Waals surface area contributed by atoms with Gasteiger partial charge in [0.05, 0.1) is 37.6 Å². The van der Waals surface area contributed by atoms with Crippen molar-refractivity contribution >= 4 is 51.1 Å². The number of methoxy groups -OCH3 is 3. The molecular weight excluding hydrogens is 450 g/mol. The van der Waals surface area contributed by atoms with Crippen molar-refractivity contribution in [2.24, 2.45) is 0 Å². The van der Waals surface area contributed by atoms with Crippen molar-refractivity contribution in [3.63, 3.8) is 0 Å². The summed E-state index contributed by atoms with van der Waals surface area (Å²) < 4.78 is 26.7. The Labute approximate surface area is 193 Å². The zero-order valence-corrected chi connectivity index (χ0v) is 18.8. The maximum absolute atomic E-state index is 12.5. The van der Waals surface area contributed by atoms with Crippen LogP contribution < -0.4 is 19.5 Å². The first-order valence-corrected chi connectivity index (χ1v) is 10.2. The van der Waals surface area contributed by atoms with Crippen LogP contribution in [0.2, 0.25) is 5.02 Å². The highest BCUT2D eigenvalue weighted by Gasteiger charge is 2.18. The number of ether oxygens (including phenoxy) is 4. The lowest BCUT2D eigenvalue weighted by molar-refractivity contribution is -0.119. The average molecular weight is 470 g/mol. The van der Waals surface area contributed by atoms with Gasteiger partial charge in [-0.3, -0.25) is 4.79 Å². The van der Waals surface area contributed by atoms with Gasteiger partial charge in [0.2, 0.25) is 0 Å². The van der Waals surface area contributed by atoms with Gasteiger partial charge in [0, 0.05) is 16.8 Å². The smallest absolute Gasteiger partial charge is 0.338 e. The molecular formula is C24H20ClNO7. The number of carbonyl (C=O) groups is 2. The summed E-state index contributed by atoms with van der Waals surface area (Å²) in [6, 6.07) is 13.9. The van der Waals surface area contributed by atoms with Gasteiger partial charge in [-0.05, 0) is 24.3 Å². The number of fused-ring (bicyclic) bond motifs is 3. The molecule has 1 N–H and O–H groups in total. The van der Waals surface area contributed by atoms with Crippen LogP contribution in [0.25, 0.3) is 21.9 Å². The summed E-state index contributed by atoms with van der Waals surface area (Å²) in [7, 11) is 4.35. The van der Waals surface area contributed by atoms with Gasteiger partial charge in [-0.2, -0.15) is 0 Å². The molecule has 9 heteroatoms. The van der Waals surface area contributed by atoms with Gasteiger partial charge in [0.25, 0.3) is 5.91 Å². The van der Waals surface area contributed by atoms with Crippen molar-refractivity contribution < 1.29 is 33.0 Å². The number of hydrogen-bond acceptors (Lipinski definition) is 7. The van der Waals surface area contributed by atoms with Crippen LogP contribution in [-0.2, 0) is 9.53 Å². The van der Waals surface area contributed by atoms with Gasteiger partial charge in [-0.1, -0.05) is 29.8 Å². The molecule has 0 bridgehead atoms. The van der Waals surface area contributed by atoms with Crippen molar-refractivity contribution in [1.82, 2.24) is 0 Å². The Morgan fingerprint density at radius 2 is 1.67 bits per heavy atom. The van der Waals surface area contributed by atoms with Gasteiger partial charge in [-0.15, -0.1) is 0 Å². The maximum Gasteiger partial charge on any atom is 0.338 e. The second kappa shape index (κ2) is 9.30. The predicted octanol–water partition coefficient (Wildman–Crippen LogP) is 5.06. The first-order chi connectivity index (χ1) is 15.9. The summed E-state index contributed by atoms with van der Waals surface area (Å²) in [5.41, 5.74) is 1.82. The number of anilines is 1. The van der Waals surface area contributed by atoms with Crippen molar-refractivity contribution in [3.05, 3.63) is 59.1 Å². The lowest BCUT2D eigenvalue weighted by atomic mass is 10.1. The molecule has 0 spiro atoms. The number of halogens is 1. The zero-order valence-electron chi connectivity index (χ0n) is 18.1. The van der Waals surface area contributed by atoms with Crippen LogP contribution in [0.1, 0.15) is 10.4 Å². The molecule has 3 aromatic carbocycles. The monoisotopic (exact) mass is 469 g/mol. The maximum atomic E-state index is 12.5. The minimum atomic E-state index is -0.743. The Morgan fingerprint density at radius 3 is 2.39 bits per heavy atom. The number of rotatable bonds is 7. The summed E-state index contributed by atoms with van der Waals surface area (Å²) in [5.74, 6) is -0.288. The molecule has 0 saturated carbocycles. The molecule has 170 valence electrons. The molecule has 1 heterocycles.